The molecule has 2 aromatic rings. The number of aromatic amines is 1. The Bertz CT molecular complexity index is 476. The second-order valence-corrected chi connectivity index (χ2v) is 5.19. The third-order valence-corrected chi connectivity index (χ3v) is 2.92. The molecule has 0 aliphatic rings. The van der Waals surface area contributed by atoms with Crippen molar-refractivity contribution in [1.82, 2.24) is 10.2 Å². The van der Waals surface area contributed by atoms with Crippen molar-refractivity contribution in [2.24, 2.45) is 0 Å². The number of hydrogen-bond donors (Lipinski definition) is 1. The fourth-order valence-corrected chi connectivity index (χ4v) is 2.18. The van der Waals surface area contributed by atoms with Crippen LogP contribution in [0.2, 0.25) is 0 Å². The van der Waals surface area contributed by atoms with E-state index in [4.69, 9.17) is 0 Å². The van der Waals surface area contributed by atoms with Crippen LogP contribution in [0, 0.1) is 12.7 Å². The quantitative estimate of drug-likeness (QED) is 0.634. The fraction of sp³-hybridized carbons (Fsp3) is 0.300. The summed E-state index contributed by atoms with van der Waals surface area (Å²) in [4.78, 5) is 0. The standard InChI is InChI=1S/C10H10FIN2/c1-5(12)9-8(11)4-3-7-6(2)13-14-10(7)9/h3-5H,1-2H3,(H,13,14). The summed E-state index contributed by atoms with van der Waals surface area (Å²) in [5.74, 6) is -0.175. The van der Waals surface area contributed by atoms with Gasteiger partial charge in [-0.1, -0.05) is 22.6 Å². The highest BCUT2D eigenvalue weighted by atomic mass is 127. The Hall–Kier alpha value is -0.650. The number of aromatic nitrogens is 2. The van der Waals surface area contributed by atoms with Gasteiger partial charge in [0.25, 0.3) is 0 Å². The molecular formula is C10H10FIN2. The topological polar surface area (TPSA) is 28.7 Å². The summed E-state index contributed by atoms with van der Waals surface area (Å²) in [5.41, 5.74) is 2.43. The number of hydrogen-bond acceptors (Lipinski definition) is 1. The predicted molar refractivity (Wildman–Crippen MR) is 63.2 cm³/mol. The van der Waals surface area contributed by atoms with E-state index in [0.29, 0.717) is 5.56 Å². The molecule has 2 nitrogen and oxygen atoms in total. The van der Waals surface area contributed by atoms with Gasteiger partial charge in [0.1, 0.15) is 5.82 Å². The second-order valence-electron chi connectivity index (χ2n) is 3.32. The first kappa shape index (κ1) is 9.89. The molecule has 4 heteroatoms. The van der Waals surface area contributed by atoms with Crippen LogP contribution in [-0.4, -0.2) is 10.2 Å². The van der Waals surface area contributed by atoms with Gasteiger partial charge >= 0.3 is 0 Å². The molecule has 2 rings (SSSR count). The average molecular weight is 304 g/mol. The van der Waals surface area contributed by atoms with Crippen molar-refractivity contribution in [3.63, 3.8) is 0 Å². The summed E-state index contributed by atoms with van der Waals surface area (Å²) < 4.78 is 13.6. The van der Waals surface area contributed by atoms with E-state index in [1.807, 2.05) is 13.8 Å². The van der Waals surface area contributed by atoms with Gasteiger partial charge in [0.05, 0.1) is 5.52 Å². The summed E-state index contributed by atoms with van der Waals surface area (Å²) in [7, 11) is 0. The number of benzene rings is 1. The highest BCUT2D eigenvalue weighted by Crippen LogP contribution is 2.31. The molecular weight excluding hydrogens is 294 g/mol. The van der Waals surface area contributed by atoms with Crippen molar-refractivity contribution in [2.45, 2.75) is 17.8 Å². The number of nitrogens with zero attached hydrogens (tertiary/aromatic N) is 1. The van der Waals surface area contributed by atoms with Crippen LogP contribution in [-0.2, 0) is 0 Å². The van der Waals surface area contributed by atoms with Crippen molar-refractivity contribution < 1.29 is 4.39 Å². The van der Waals surface area contributed by atoms with Crippen LogP contribution in [0.3, 0.4) is 0 Å². The van der Waals surface area contributed by atoms with E-state index in [1.165, 1.54) is 6.07 Å². The lowest BCUT2D eigenvalue weighted by Gasteiger charge is -2.05. The van der Waals surface area contributed by atoms with Gasteiger partial charge in [-0.15, -0.1) is 0 Å². The molecule has 1 atom stereocenters. The largest absolute Gasteiger partial charge is 0.282 e. The maximum Gasteiger partial charge on any atom is 0.129 e. The lowest BCUT2D eigenvalue weighted by Crippen LogP contribution is -1.91. The van der Waals surface area contributed by atoms with Gasteiger partial charge in [-0.3, -0.25) is 5.10 Å². The Morgan fingerprint density at radius 3 is 2.86 bits per heavy atom. The van der Waals surface area contributed by atoms with Crippen molar-refractivity contribution in [3.05, 3.63) is 29.2 Å². The molecule has 1 aromatic heterocycles. The van der Waals surface area contributed by atoms with E-state index in [9.17, 15) is 4.39 Å². The number of alkyl halides is 1. The summed E-state index contributed by atoms with van der Waals surface area (Å²) in [6, 6.07) is 3.28. The summed E-state index contributed by atoms with van der Waals surface area (Å²) >= 11 is 2.20. The van der Waals surface area contributed by atoms with Crippen molar-refractivity contribution >= 4 is 33.5 Å². The fourth-order valence-electron chi connectivity index (χ4n) is 1.58. The maximum absolute atomic E-state index is 13.5. The van der Waals surface area contributed by atoms with Gasteiger partial charge in [0, 0.05) is 20.6 Å². The molecule has 0 saturated heterocycles. The number of rotatable bonds is 1. The first-order chi connectivity index (χ1) is 6.61. The van der Waals surface area contributed by atoms with E-state index < -0.39 is 0 Å². The van der Waals surface area contributed by atoms with Gasteiger partial charge in [-0.2, -0.15) is 5.10 Å². The van der Waals surface area contributed by atoms with Crippen LogP contribution in [0.25, 0.3) is 10.9 Å². The molecule has 0 radical (unpaired) electrons. The van der Waals surface area contributed by atoms with Crippen LogP contribution in [0.5, 0.6) is 0 Å². The Balaban J connectivity index is 2.83. The Morgan fingerprint density at radius 1 is 1.50 bits per heavy atom. The molecule has 14 heavy (non-hydrogen) atoms. The van der Waals surface area contributed by atoms with E-state index in [1.54, 1.807) is 6.07 Å². The third kappa shape index (κ3) is 1.41. The van der Waals surface area contributed by atoms with Gasteiger partial charge in [-0.05, 0) is 26.0 Å². The number of fused-ring (bicyclic) bond motifs is 1. The molecule has 0 spiro atoms. The van der Waals surface area contributed by atoms with Gasteiger partial charge < -0.3 is 0 Å². The molecule has 0 aliphatic carbocycles. The van der Waals surface area contributed by atoms with Crippen LogP contribution in [0.1, 0.15) is 22.1 Å². The summed E-state index contributed by atoms with van der Waals surface area (Å²) in [6.45, 7) is 3.90. The minimum Gasteiger partial charge on any atom is -0.282 e. The summed E-state index contributed by atoms with van der Waals surface area (Å²) in [6.07, 6.45) is 0. The van der Waals surface area contributed by atoms with E-state index in [-0.39, 0.29) is 9.74 Å². The Morgan fingerprint density at radius 2 is 2.21 bits per heavy atom. The van der Waals surface area contributed by atoms with Gasteiger partial charge in [-0.25, -0.2) is 4.39 Å². The third-order valence-electron chi connectivity index (χ3n) is 2.30. The van der Waals surface area contributed by atoms with Gasteiger partial charge in [0.2, 0.25) is 0 Å². The smallest absolute Gasteiger partial charge is 0.129 e. The minimum atomic E-state index is -0.175. The zero-order valence-corrected chi connectivity index (χ0v) is 10.1. The normalized spacial score (nSPS) is 13.4. The number of aryl methyl sites for hydroxylation is 1. The molecule has 0 bridgehead atoms. The molecule has 1 unspecified atom stereocenters. The molecule has 1 N–H and O–H groups in total. The van der Waals surface area contributed by atoms with Crippen LogP contribution in [0.15, 0.2) is 12.1 Å². The lowest BCUT2D eigenvalue weighted by molar-refractivity contribution is 0.615. The van der Waals surface area contributed by atoms with Crippen LogP contribution >= 0.6 is 22.6 Å². The average Bonchev–Trinajstić information content (AvgIpc) is 2.47. The van der Waals surface area contributed by atoms with Crippen molar-refractivity contribution in [3.8, 4) is 0 Å². The lowest BCUT2D eigenvalue weighted by atomic mass is 10.1. The van der Waals surface area contributed by atoms with Crippen LogP contribution < -0.4 is 0 Å². The van der Waals surface area contributed by atoms with E-state index in [2.05, 4.69) is 32.8 Å². The molecule has 0 amide bonds. The predicted octanol–water partition coefficient (Wildman–Crippen LogP) is 3.51. The SMILES string of the molecule is Cc1[nH]nc2c(C(C)I)c(F)ccc12. The zero-order valence-electron chi connectivity index (χ0n) is 7.94. The molecule has 1 heterocycles. The maximum atomic E-state index is 13.5. The molecule has 74 valence electrons. The number of nitrogens with one attached hydrogen (secondary N) is 1. The van der Waals surface area contributed by atoms with E-state index >= 15 is 0 Å². The Kier molecular flexibility index (Phi) is 2.47. The molecule has 0 saturated carbocycles. The van der Waals surface area contributed by atoms with Crippen LogP contribution in [0.4, 0.5) is 4.39 Å². The highest BCUT2D eigenvalue weighted by Gasteiger charge is 2.15. The summed E-state index contributed by atoms with van der Waals surface area (Å²) in [5, 5.41) is 8.01. The minimum absolute atomic E-state index is 0.124. The second kappa shape index (κ2) is 3.49. The number of H-pyrrole nitrogens is 1. The molecule has 0 aliphatic heterocycles. The molecule has 0 fully saturated rings. The van der Waals surface area contributed by atoms with E-state index in [0.717, 1.165) is 16.6 Å². The first-order valence-electron chi connectivity index (χ1n) is 4.38. The monoisotopic (exact) mass is 304 g/mol. The van der Waals surface area contributed by atoms with Crippen molar-refractivity contribution in [2.75, 3.05) is 0 Å². The molecule has 1 aromatic carbocycles. The van der Waals surface area contributed by atoms with Gasteiger partial charge in [0.15, 0.2) is 0 Å². The Labute approximate surface area is 95.0 Å². The zero-order chi connectivity index (χ0) is 10.3. The number of halogens is 2. The first-order valence-corrected chi connectivity index (χ1v) is 5.63. The van der Waals surface area contributed by atoms with Crippen molar-refractivity contribution in [1.29, 1.82) is 0 Å². The highest BCUT2D eigenvalue weighted by molar-refractivity contribution is 14.1.